The Labute approximate surface area is 145 Å². The zero-order valence-electron chi connectivity index (χ0n) is 13.1. The molecule has 1 fully saturated rings. The fourth-order valence-corrected chi connectivity index (χ4v) is 4.25. The summed E-state index contributed by atoms with van der Waals surface area (Å²) in [7, 11) is -1.97. The van der Waals surface area contributed by atoms with Gasteiger partial charge in [-0.1, -0.05) is 23.7 Å². The number of carbonyl (C=O) groups excluding carboxylic acids is 1. The number of benzene rings is 2. The van der Waals surface area contributed by atoms with Crippen molar-refractivity contribution in [1.29, 1.82) is 0 Å². The summed E-state index contributed by atoms with van der Waals surface area (Å²) in [5.74, 6) is 0.235. The number of β-lactam (4-membered cyclic amide) rings is 1. The van der Waals surface area contributed by atoms with Gasteiger partial charge in [0.15, 0.2) is 15.1 Å². The summed E-state index contributed by atoms with van der Waals surface area (Å²) in [6.45, 7) is 0. The van der Waals surface area contributed by atoms with Crippen LogP contribution in [0.2, 0.25) is 5.02 Å². The van der Waals surface area contributed by atoms with Crippen molar-refractivity contribution in [3.8, 4) is 5.75 Å². The Morgan fingerprint density at radius 2 is 1.62 bits per heavy atom. The second kappa shape index (κ2) is 6.11. The second-order valence-corrected chi connectivity index (χ2v) is 8.26. The maximum atomic E-state index is 12.5. The SMILES string of the molecule is COc1ccc([C@@H]2[C@H](S(C)(=O)=O)C(=O)N2c2ccc(Cl)cc2)cc1. The molecule has 1 saturated heterocycles. The molecular formula is C17H16ClNO4S. The number of carbonyl (C=O) groups is 1. The van der Waals surface area contributed by atoms with Crippen molar-refractivity contribution in [1.82, 2.24) is 0 Å². The standard InChI is InChI=1S/C17H16ClNO4S/c1-23-14-9-3-11(4-10-14)15-16(24(2,21)22)17(20)19(15)13-7-5-12(18)6-8-13/h3-10,15-16H,1-2H3/t15-,16+/m1/s1. The summed E-state index contributed by atoms with van der Waals surface area (Å²) in [6, 6.07) is 13.2. The van der Waals surface area contributed by atoms with Crippen molar-refractivity contribution in [2.24, 2.45) is 0 Å². The maximum absolute atomic E-state index is 12.5. The van der Waals surface area contributed by atoms with E-state index in [1.807, 2.05) is 0 Å². The van der Waals surface area contributed by atoms with Gasteiger partial charge in [-0.25, -0.2) is 8.42 Å². The summed E-state index contributed by atoms with van der Waals surface area (Å²) in [5, 5.41) is -0.533. The Bertz CT molecular complexity index is 862. The number of nitrogens with zero attached hydrogens (tertiary/aromatic N) is 1. The van der Waals surface area contributed by atoms with E-state index in [0.29, 0.717) is 16.5 Å². The molecule has 2 atom stereocenters. The van der Waals surface area contributed by atoms with Gasteiger partial charge in [-0.05, 0) is 42.0 Å². The lowest BCUT2D eigenvalue weighted by molar-refractivity contribution is -0.123. The van der Waals surface area contributed by atoms with Crippen LogP contribution in [0, 0.1) is 0 Å². The first-order valence-corrected chi connectivity index (χ1v) is 9.57. The molecule has 2 aromatic rings. The van der Waals surface area contributed by atoms with Crippen molar-refractivity contribution in [2.45, 2.75) is 11.3 Å². The number of methoxy groups -OCH3 is 1. The first-order chi connectivity index (χ1) is 11.3. The number of halogens is 1. The average molecular weight is 366 g/mol. The van der Waals surface area contributed by atoms with E-state index < -0.39 is 27.0 Å². The van der Waals surface area contributed by atoms with Crippen molar-refractivity contribution in [3.63, 3.8) is 0 Å². The van der Waals surface area contributed by atoms with Crippen LogP contribution >= 0.6 is 11.6 Å². The minimum Gasteiger partial charge on any atom is -0.497 e. The lowest BCUT2D eigenvalue weighted by atomic mass is 9.92. The van der Waals surface area contributed by atoms with E-state index in [0.717, 1.165) is 11.8 Å². The smallest absolute Gasteiger partial charge is 0.248 e. The monoisotopic (exact) mass is 365 g/mol. The van der Waals surface area contributed by atoms with Gasteiger partial charge in [0.05, 0.1) is 13.2 Å². The molecule has 126 valence electrons. The van der Waals surface area contributed by atoms with Gasteiger partial charge < -0.3 is 9.64 Å². The van der Waals surface area contributed by atoms with Gasteiger partial charge >= 0.3 is 0 Å². The first-order valence-electron chi connectivity index (χ1n) is 7.24. The van der Waals surface area contributed by atoms with Crippen LogP contribution < -0.4 is 9.64 Å². The fourth-order valence-electron chi connectivity index (χ4n) is 2.89. The number of hydrogen-bond donors (Lipinski definition) is 0. The van der Waals surface area contributed by atoms with Gasteiger partial charge in [0.2, 0.25) is 5.91 Å². The van der Waals surface area contributed by atoms with Gasteiger partial charge in [-0.2, -0.15) is 0 Å². The molecular weight excluding hydrogens is 350 g/mol. The molecule has 1 heterocycles. The Hall–Kier alpha value is -2.05. The lowest BCUT2D eigenvalue weighted by Gasteiger charge is -2.46. The molecule has 24 heavy (non-hydrogen) atoms. The topological polar surface area (TPSA) is 63.7 Å². The van der Waals surface area contributed by atoms with E-state index in [1.165, 1.54) is 4.90 Å². The summed E-state index contributed by atoms with van der Waals surface area (Å²) in [5.41, 5.74) is 1.35. The molecule has 0 unspecified atom stereocenters. The third-order valence-corrected chi connectivity index (χ3v) is 5.70. The van der Waals surface area contributed by atoms with Crippen LogP contribution in [-0.4, -0.2) is 32.9 Å². The van der Waals surface area contributed by atoms with Crippen LogP contribution in [-0.2, 0) is 14.6 Å². The van der Waals surface area contributed by atoms with Gasteiger partial charge in [-0.3, -0.25) is 4.79 Å². The van der Waals surface area contributed by atoms with Crippen LogP contribution in [0.5, 0.6) is 5.75 Å². The minimum absolute atomic E-state index is 0.430. The first kappa shape index (κ1) is 16.8. The molecule has 7 heteroatoms. The zero-order chi connectivity index (χ0) is 17.5. The number of ether oxygens (including phenoxy) is 1. The van der Waals surface area contributed by atoms with Gasteiger partial charge in [-0.15, -0.1) is 0 Å². The van der Waals surface area contributed by atoms with Crippen LogP contribution in [0.15, 0.2) is 48.5 Å². The molecule has 3 rings (SSSR count). The molecule has 1 amide bonds. The molecule has 1 aliphatic heterocycles. The number of amides is 1. The molecule has 0 bridgehead atoms. The predicted octanol–water partition coefficient (Wildman–Crippen LogP) is 2.85. The Kier molecular flexibility index (Phi) is 4.27. The van der Waals surface area contributed by atoms with Crippen molar-refractivity contribution in [3.05, 3.63) is 59.1 Å². The fraction of sp³-hybridized carbons (Fsp3) is 0.235. The molecule has 0 radical (unpaired) electrons. The number of hydrogen-bond acceptors (Lipinski definition) is 4. The Morgan fingerprint density at radius 1 is 1.04 bits per heavy atom. The minimum atomic E-state index is -3.53. The second-order valence-electron chi connectivity index (χ2n) is 5.65. The molecule has 2 aromatic carbocycles. The van der Waals surface area contributed by atoms with Crippen LogP contribution in [0.1, 0.15) is 11.6 Å². The summed E-state index contributed by atoms with van der Waals surface area (Å²) in [6.07, 6.45) is 1.09. The van der Waals surface area contributed by atoms with E-state index in [4.69, 9.17) is 16.3 Å². The largest absolute Gasteiger partial charge is 0.497 e. The predicted molar refractivity (Wildman–Crippen MR) is 93.3 cm³/mol. The highest BCUT2D eigenvalue weighted by atomic mass is 35.5. The molecule has 0 aromatic heterocycles. The Balaban J connectivity index is 2.04. The number of rotatable bonds is 4. The van der Waals surface area contributed by atoms with Crippen molar-refractivity contribution < 1.29 is 17.9 Å². The van der Waals surface area contributed by atoms with Crippen molar-refractivity contribution in [2.75, 3.05) is 18.3 Å². The van der Waals surface area contributed by atoms with E-state index in [1.54, 1.807) is 55.6 Å². The lowest BCUT2D eigenvalue weighted by Crippen LogP contribution is -2.62. The third kappa shape index (κ3) is 2.87. The zero-order valence-corrected chi connectivity index (χ0v) is 14.7. The summed E-state index contributed by atoms with van der Waals surface area (Å²) < 4.78 is 29.3. The normalized spacial score (nSPS) is 20.6. The molecule has 5 nitrogen and oxygen atoms in total. The molecule has 0 N–H and O–H groups in total. The number of anilines is 1. The maximum Gasteiger partial charge on any atom is 0.248 e. The molecule has 0 spiro atoms. The highest BCUT2D eigenvalue weighted by Crippen LogP contribution is 2.42. The highest BCUT2D eigenvalue weighted by molar-refractivity contribution is 7.92. The quantitative estimate of drug-likeness (QED) is 0.781. The third-order valence-electron chi connectivity index (χ3n) is 4.07. The van der Waals surface area contributed by atoms with Gasteiger partial charge in [0, 0.05) is 17.0 Å². The summed E-state index contributed by atoms with van der Waals surface area (Å²) in [4.78, 5) is 14.0. The van der Waals surface area contributed by atoms with Gasteiger partial charge in [0.1, 0.15) is 5.75 Å². The Morgan fingerprint density at radius 3 is 2.12 bits per heavy atom. The van der Waals surface area contributed by atoms with E-state index in [9.17, 15) is 13.2 Å². The highest BCUT2D eigenvalue weighted by Gasteiger charge is 2.54. The average Bonchev–Trinajstić information content (AvgIpc) is 2.53. The van der Waals surface area contributed by atoms with Crippen LogP contribution in [0.3, 0.4) is 0 Å². The van der Waals surface area contributed by atoms with Crippen molar-refractivity contribution >= 4 is 33.0 Å². The van der Waals surface area contributed by atoms with E-state index in [2.05, 4.69) is 0 Å². The van der Waals surface area contributed by atoms with E-state index >= 15 is 0 Å². The molecule has 0 aliphatic carbocycles. The number of sulfone groups is 1. The molecule has 0 saturated carbocycles. The summed E-state index contributed by atoms with van der Waals surface area (Å²) >= 11 is 5.89. The van der Waals surface area contributed by atoms with Crippen LogP contribution in [0.4, 0.5) is 5.69 Å². The van der Waals surface area contributed by atoms with Gasteiger partial charge in [0.25, 0.3) is 0 Å². The van der Waals surface area contributed by atoms with E-state index in [-0.39, 0.29) is 0 Å². The van der Waals surface area contributed by atoms with Crippen LogP contribution in [0.25, 0.3) is 0 Å². The molecule has 1 aliphatic rings.